The number of nitrogens with zero attached hydrogens (tertiary/aromatic N) is 1. The molecule has 7 atom stereocenters. The summed E-state index contributed by atoms with van der Waals surface area (Å²) in [6, 6.07) is 2.12. The maximum Gasteiger partial charge on any atom is 0.302 e. The number of rotatable bonds is 4. The molecular weight excluding hydrogens is 410 g/mol. The molecule has 4 heteroatoms. The minimum absolute atomic E-state index is 0.0732. The number of fused-ring (bicyclic) bond motifs is 5. The third kappa shape index (κ3) is 3.63. The largest absolute Gasteiger partial charge is 0.462 e. The van der Waals surface area contributed by atoms with Gasteiger partial charge in [-0.2, -0.15) is 0 Å². The SMILES string of the molecule is C=C(c1cc(C(C)C)no1)[C@H]1CC[C@H]2[C@@H]3CC=C4C[C@H](OC(C)=O)CC[C@]4(C)[C@H]3CC[C@]12C. The highest BCUT2D eigenvalue weighted by Crippen LogP contribution is 2.67. The lowest BCUT2D eigenvalue weighted by Gasteiger charge is -2.58. The number of hydrogen-bond acceptors (Lipinski definition) is 4. The van der Waals surface area contributed by atoms with Crippen LogP contribution < -0.4 is 0 Å². The average molecular weight is 452 g/mol. The summed E-state index contributed by atoms with van der Waals surface area (Å²) in [6.07, 6.45) is 11.9. The fraction of sp³-hybridized carbons (Fsp3) is 0.724. The number of aromatic nitrogens is 1. The summed E-state index contributed by atoms with van der Waals surface area (Å²) < 4.78 is 11.4. The molecule has 1 aromatic heterocycles. The molecule has 0 bridgehead atoms. The Balaban J connectivity index is 1.36. The van der Waals surface area contributed by atoms with Crippen LogP contribution in [0.5, 0.6) is 0 Å². The molecule has 1 heterocycles. The van der Waals surface area contributed by atoms with Crippen LogP contribution >= 0.6 is 0 Å². The van der Waals surface area contributed by atoms with Crippen molar-refractivity contribution in [3.63, 3.8) is 0 Å². The van der Waals surface area contributed by atoms with E-state index >= 15 is 0 Å². The molecule has 0 spiro atoms. The van der Waals surface area contributed by atoms with Crippen molar-refractivity contribution in [2.75, 3.05) is 0 Å². The van der Waals surface area contributed by atoms with Gasteiger partial charge in [-0.05, 0) is 90.9 Å². The summed E-state index contributed by atoms with van der Waals surface area (Å²) in [6.45, 7) is 15.4. The third-order valence-electron chi connectivity index (χ3n) is 10.2. The van der Waals surface area contributed by atoms with E-state index < -0.39 is 0 Å². The van der Waals surface area contributed by atoms with Crippen LogP contribution in [-0.2, 0) is 9.53 Å². The van der Waals surface area contributed by atoms with E-state index in [1.54, 1.807) is 5.57 Å². The van der Waals surface area contributed by atoms with Crippen molar-refractivity contribution in [3.8, 4) is 0 Å². The molecule has 0 radical (unpaired) electrons. The molecule has 0 aromatic carbocycles. The Morgan fingerprint density at radius 1 is 1.18 bits per heavy atom. The van der Waals surface area contributed by atoms with Gasteiger partial charge in [0, 0.05) is 19.4 Å². The van der Waals surface area contributed by atoms with Crippen LogP contribution in [0.1, 0.15) is 103 Å². The van der Waals surface area contributed by atoms with Gasteiger partial charge in [0.25, 0.3) is 0 Å². The first-order chi connectivity index (χ1) is 15.6. The van der Waals surface area contributed by atoms with Gasteiger partial charge in [-0.25, -0.2) is 0 Å². The first kappa shape index (κ1) is 22.9. The van der Waals surface area contributed by atoms with Gasteiger partial charge in [0.15, 0.2) is 5.76 Å². The van der Waals surface area contributed by atoms with Gasteiger partial charge < -0.3 is 9.26 Å². The van der Waals surface area contributed by atoms with Crippen LogP contribution in [-0.4, -0.2) is 17.2 Å². The highest BCUT2D eigenvalue weighted by molar-refractivity contribution is 5.66. The highest BCUT2D eigenvalue weighted by atomic mass is 16.5. The van der Waals surface area contributed by atoms with Crippen LogP contribution in [0.2, 0.25) is 0 Å². The van der Waals surface area contributed by atoms with E-state index in [-0.39, 0.29) is 17.5 Å². The first-order valence-electron chi connectivity index (χ1n) is 13.2. The number of hydrogen-bond donors (Lipinski definition) is 0. The number of allylic oxidation sites excluding steroid dienone is 2. The summed E-state index contributed by atoms with van der Waals surface area (Å²) in [5, 5.41) is 4.30. The number of esters is 1. The lowest BCUT2D eigenvalue weighted by Crippen LogP contribution is -2.50. The quantitative estimate of drug-likeness (QED) is 0.355. The molecule has 0 N–H and O–H groups in total. The maximum absolute atomic E-state index is 11.5. The molecular formula is C29H41NO3. The number of ether oxygens (including phenoxy) is 1. The molecule has 1 aromatic rings. The van der Waals surface area contributed by atoms with E-state index in [1.807, 2.05) is 0 Å². The van der Waals surface area contributed by atoms with Crippen molar-refractivity contribution in [1.82, 2.24) is 5.16 Å². The normalized spacial score (nSPS) is 39.9. The Hall–Kier alpha value is -1.84. The predicted octanol–water partition coefficient (Wildman–Crippen LogP) is 7.32. The Bertz CT molecular complexity index is 973. The van der Waals surface area contributed by atoms with Crippen molar-refractivity contribution in [1.29, 1.82) is 0 Å². The summed E-state index contributed by atoms with van der Waals surface area (Å²) in [4.78, 5) is 11.5. The van der Waals surface area contributed by atoms with Gasteiger partial charge in [0.2, 0.25) is 0 Å². The first-order valence-corrected chi connectivity index (χ1v) is 13.2. The Kier molecular flexibility index (Phi) is 5.65. The zero-order chi connectivity index (χ0) is 23.5. The topological polar surface area (TPSA) is 52.3 Å². The molecule has 5 rings (SSSR count). The van der Waals surface area contributed by atoms with Gasteiger partial charge in [0.1, 0.15) is 6.10 Å². The van der Waals surface area contributed by atoms with Gasteiger partial charge in [0.05, 0.1) is 5.69 Å². The molecule has 180 valence electrons. The molecule has 3 saturated carbocycles. The van der Waals surface area contributed by atoms with E-state index in [4.69, 9.17) is 9.26 Å². The second kappa shape index (κ2) is 8.13. The van der Waals surface area contributed by atoms with Crippen LogP contribution in [0.15, 0.2) is 28.8 Å². The lowest BCUT2D eigenvalue weighted by atomic mass is 9.47. The molecule has 4 nitrogen and oxygen atoms in total. The van der Waals surface area contributed by atoms with E-state index in [0.717, 1.165) is 54.0 Å². The van der Waals surface area contributed by atoms with Gasteiger partial charge in [-0.15, -0.1) is 0 Å². The summed E-state index contributed by atoms with van der Waals surface area (Å²) in [7, 11) is 0. The van der Waals surface area contributed by atoms with Crippen molar-refractivity contribution in [2.45, 2.75) is 98.0 Å². The van der Waals surface area contributed by atoms with Crippen LogP contribution in [0.3, 0.4) is 0 Å². The minimum Gasteiger partial charge on any atom is -0.462 e. The summed E-state index contributed by atoms with van der Waals surface area (Å²) >= 11 is 0. The summed E-state index contributed by atoms with van der Waals surface area (Å²) in [5.74, 6) is 3.85. The fourth-order valence-electron chi connectivity index (χ4n) is 8.42. The number of carbonyl (C=O) groups excluding carboxylic acids is 1. The van der Waals surface area contributed by atoms with Crippen molar-refractivity contribution in [3.05, 3.63) is 35.7 Å². The minimum atomic E-state index is -0.143. The smallest absolute Gasteiger partial charge is 0.302 e. The average Bonchev–Trinajstić information content (AvgIpc) is 3.38. The predicted molar refractivity (Wildman–Crippen MR) is 130 cm³/mol. The molecule has 0 amide bonds. The summed E-state index contributed by atoms with van der Waals surface area (Å²) in [5.41, 5.74) is 4.31. The molecule has 33 heavy (non-hydrogen) atoms. The van der Waals surface area contributed by atoms with Gasteiger partial charge >= 0.3 is 5.97 Å². The monoisotopic (exact) mass is 451 g/mol. The Morgan fingerprint density at radius 2 is 1.97 bits per heavy atom. The van der Waals surface area contributed by atoms with E-state index in [0.29, 0.717) is 17.3 Å². The highest BCUT2D eigenvalue weighted by Gasteiger charge is 2.59. The van der Waals surface area contributed by atoms with Crippen molar-refractivity contribution < 1.29 is 14.1 Å². The molecule has 0 aliphatic heterocycles. The number of carbonyl (C=O) groups is 1. The molecule has 4 aliphatic carbocycles. The van der Waals surface area contributed by atoms with Crippen LogP contribution in [0.4, 0.5) is 0 Å². The molecule has 0 unspecified atom stereocenters. The van der Waals surface area contributed by atoms with Crippen LogP contribution in [0.25, 0.3) is 5.57 Å². The van der Waals surface area contributed by atoms with Gasteiger partial charge in [-0.1, -0.05) is 51.1 Å². The van der Waals surface area contributed by atoms with Crippen LogP contribution in [0, 0.1) is 34.5 Å². The van der Waals surface area contributed by atoms with Crippen molar-refractivity contribution in [2.24, 2.45) is 34.5 Å². The maximum atomic E-state index is 11.5. The van der Waals surface area contributed by atoms with E-state index in [9.17, 15) is 4.79 Å². The second-order valence-electron chi connectivity index (χ2n) is 12.2. The lowest BCUT2D eigenvalue weighted by molar-refractivity contribution is -0.148. The van der Waals surface area contributed by atoms with E-state index in [2.05, 4.69) is 51.6 Å². The van der Waals surface area contributed by atoms with Crippen molar-refractivity contribution >= 4 is 11.5 Å². The van der Waals surface area contributed by atoms with Gasteiger partial charge in [-0.3, -0.25) is 4.79 Å². The zero-order valence-corrected chi connectivity index (χ0v) is 21.2. The molecule has 3 fully saturated rings. The Labute approximate surface area is 199 Å². The zero-order valence-electron chi connectivity index (χ0n) is 21.2. The standard InChI is InChI=1S/C29H41NO3/c1-17(2)26-16-27(33-30-26)18(3)23-9-10-24-22-8-7-20-15-21(32-19(4)31)11-13-28(20,5)25(22)12-14-29(23,24)6/h7,16-17,21-25H,3,8-15H2,1-2,4-6H3/t21-,22+,23-,24+,25+,28+,29-/m1/s1. The fourth-order valence-corrected chi connectivity index (χ4v) is 8.42. The molecule has 0 saturated heterocycles. The van der Waals surface area contributed by atoms with E-state index in [1.165, 1.54) is 39.0 Å². The third-order valence-corrected chi connectivity index (χ3v) is 10.2. The Morgan fingerprint density at radius 3 is 2.67 bits per heavy atom. The molecule has 4 aliphatic rings. The second-order valence-corrected chi connectivity index (χ2v) is 12.2.